The second kappa shape index (κ2) is 8.10. The fourth-order valence-corrected chi connectivity index (χ4v) is 4.32. The molecule has 0 fully saturated rings. The van der Waals surface area contributed by atoms with Crippen molar-refractivity contribution in [1.82, 2.24) is 0 Å². The van der Waals surface area contributed by atoms with Gasteiger partial charge < -0.3 is 5.32 Å². The summed E-state index contributed by atoms with van der Waals surface area (Å²) in [5, 5.41) is 3.25. The highest BCUT2D eigenvalue weighted by Crippen LogP contribution is 2.26. The third-order valence-corrected chi connectivity index (χ3v) is 5.30. The van der Waals surface area contributed by atoms with Gasteiger partial charge in [-0.1, -0.05) is 30.7 Å². The normalized spacial score (nSPS) is 12.5. The third kappa shape index (κ3) is 4.99. The van der Waals surface area contributed by atoms with Gasteiger partial charge in [0.25, 0.3) is 0 Å². The number of hydrogen-bond acceptors (Lipinski definition) is 3. The second-order valence-electron chi connectivity index (χ2n) is 6.33. The van der Waals surface area contributed by atoms with Crippen LogP contribution in [0.2, 0.25) is 5.02 Å². The quantitative estimate of drug-likeness (QED) is 0.800. The molecule has 2 aromatic rings. The van der Waals surface area contributed by atoms with Crippen LogP contribution in [-0.4, -0.2) is 26.6 Å². The number of nitrogens with zero attached hydrogens (tertiary/aromatic N) is 1. The largest absolute Gasteiger partial charge is 0.324 e. The summed E-state index contributed by atoms with van der Waals surface area (Å²) in [5.74, 6) is -0.403. The van der Waals surface area contributed by atoms with E-state index in [1.165, 1.54) is 4.31 Å². The lowest BCUT2D eigenvalue weighted by atomic mass is 10.1. The van der Waals surface area contributed by atoms with Crippen LogP contribution >= 0.6 is 11.6 Å². The molecule has 0 aliphatic rings. The fourth-order valence-electron chi connectivity index (χ4n) is 2.93. The van der Waals surface area contributed by atoms with Gasteiger partial charge in [-0.15, -0.1) is 0 Å². The number of aryl methyl sites for hydroxylation is 2. The van der Waals surface area contributed by atoms with E-state index in [4.69, 9.17) is 11.6 Å². The second-order valence-corrected chi connectivity index (χ2v) is 8.62. The lowest BCUT2D eigenvalue weighted by Gasteiger charge is -2.30. The number of sulfonamides is 1. The van der Waals surface area contributed by atoms with Crippen LogP contribution in [0, 0.1) is 13.8 Å². The molecular weight excluding hydrogens is 372 g/mol. The molecule has 0 saturated heterocycles. The zero-order valence-corrected chi connectivity index (χ0v) is 16.9. The topological polar surface area (TPSA) is 66.5 Å². The first kappa shape index (κ1) is 20.3. The van der Waals surface area contributed by atoms with Crippen LogP contribution in [0.25, 0.3) is 0 Å². The number of hydrogen-bond donors (Lipinski definition) is 1. The molecule has 5 nitrogen and oxygen atoms in total. The van der Waals surface area contributed by atoms with Crippen LogP contribution in [0.15, 0.2) is 42.5 Å². The van der Waals surface area contributed by atoms with E-state index in [1.54, 1.807) is 43.3 Å². The third-order valence-electron chi connectivity index (χ3n) is 3.88. The van der Waals surface area contributed by atoms with Crippen LogP contribution in [0.1, 0.15) is 24.5 Å². The van der Waals surface area contributed by atoms with Crippen molar-refractivity contribution in [3.8, 4) is 0 Å². The smallest absolute Gasteiger partial charge is 0.248 e. The monoisotopic (exact) mass is 394 g/mol. The van der Waals surface area contributed by atoms with Crippen molar-refractivity contribution in [3.05, 3.63) is 58.6 Å². The molecule has 1 atom stereocenters. The van der Waals surface area contributed by atoms with E-state index in [-0.39, 0.29) is 0 Å². The van der Waals surface area contributed by atoms with Crippen LogP contribution < -0.4 is 9.62 Å². The standard InChI is InChI=1S/C19H23ClN2O3S/c1-5-18(19(23)21-16-8-6-7-15(20)12-16)22(26(4,24)25)17-10-13(2)9-14(3)11-17/h6-12,18H,5H2,1-4H3,(H,21,23). The Morgan fingerprint density at radius 2 is 1.77 bits per heavy atom. The molecule has 2 rings (SSSR count). The zero-order chi connectivity index (χ0) is 19.5. The first-order valence-electron chi connectivity index (χ1n) is 8.26. The van der Waals surface area contributed by atoms with E-state index in [0.717, 1.165) is 17.4 Å². The molecule has 0 aliphatic heterocycles. The number of carbonyl (C=O) groups is 1. The van der Waals surface area contributed by atoms with E-state index in [9.17, 15) is 13.2 Å². The summed E-state index contributed by atoms with van der Waals surface area (Å²) >= 11 is 5.95. The average Bonchev–Trinajstić information content (AvgIpc) is 2.49. The van der Waals surface area contributed by atoms with E-state index in [2.05, 4.69) is 5.32 Å². The molecule has 2 aromatic carbocycles. The van der Waals surface area contributed by atoms with Crippen molar-refractivity contribution in [1.29, 1.82) is 0 Å². The van der Waals surface area contributed by atoms with Gasteiger partial charge in [0, 0.05) is 10.7 Å². The molecule has 0 bridgehead atoms. The summed E-state index contributed by atoms with van der Waals surface area (Å²) in [7, 11) is -3.66. The number of anilines is 2. The maximum Gasteiger partial charge on any atom is 0.248 e. The van der Waals surface area contributed by atoms with Crippen LogP contribution in [0.5, 0.6) is 0 Å². The summed E-state index contributed by atoms with van der Waals surface area (Å²) in [6, 6.07) is 11.4. The maximum atomic E-state index is 12.8. The Morgan fingerprint density at radius 3 is 2.27 bits per heavy atom. The van der Waals surface area contributed by atoms with Gasteiger partial charge in [-0.2, -0.15) is 0 Å². The highest BCUT2D eigenvalue weighted by molar-refractivity contribution is 7.92. The molecule has 0 aliphatic carbocycles. The first-order valence-corrected chi connectivity index (χ1v) is 10.5. The lowest BCUT2D eigenvalue weighted by molar-refractivity contribution is -0.117. The highest BCUT2D eigenvalue weighted by atomic mass is 35.5. The first-order chi connectivity index (χ1) is 12.1. The van der Waals surface area contributed by atoms with Crippen molar-refractivity contribution in [3.63, 3.8) is 0 Å². The summed E-state index contributed by atoms with van der Waals surface area (Å²) < 4.78 is 26.2. The Kier molecular flexibility index (Phi) is 6.31. The molecule has 0 heterocycles. The Morgan fingerprint density at radius 1 is 1.15 bits per heavy atom. The maximum absolute atomic E-state index is 12.8. The minimum absolute atomic E-state index is 0.326. The fraction of sp³-hybridized carbons (Fsp3) is 0.316. The Balaban J connectivity index is 2.42. The molecule has 140 valence electrons. The molecule has 7 heteroatoms. The SMILES string of the molecule is CCC(C(=O)Nc1cccc(Cl)c1)N(c1cc(C)cc(C)c1)S(C)(=O)=O. The van der Waals surface area contributed by atoms with Crippen LogP contribution in [0.3, 0.4) is 0 Å². The molecule has 0 saturated carbocycles. The van der Waals surface area contributed by atoms with E-state index in [1.807, 2.05) is 19.9 Å². The van der Waals surface area contributed by atoms with Crippen molar-refractivity contribution < 1.29 is 13.2 Å². The lowest BCUT2D eigenvalue weighted by Crippen LogP contribution is -2.47. The minimum Gasteiger partial charge on any atom is -0.324 e. The predicted molar refractivity (Wildman–Crippen MR) is 107 cm³/mol. The minimum atomic E-state index is -3.66. The molecule has 1 N–H and O–H groups in total. The van der Waals surface area contributed by atoms with E-state index < -0.39 is 22.0 Å². The number of carbonyl (C=O) groups excluding carboxylic acids is 1. The predicted octanol–water partition coefficient (Wildman–Crippen LogP) is 4.14. The van der Waals surface area contributed by atoms with Gasteiger partial charge in [-0.3, -0.25) is 9.10 Å². The van der Waals surface area contributed by atoms with Crippen LogP contribution in [-0.2, 0) is 14.8 Å². The molecule has 0 aromatic heterocycles. The van der Waals surface area contributed by atoms with Gasteiger partial charge in [-0.25, -0.2) is 8.42 Å². The van der Waals surface area contributed by atoms with Crippen molar-refractivity contribution in [2.45, 2.75) is 33.2 Å². The summed E-state index contributed by atoms with van der Waals surface area (Å²) in [4.78, 5) is 12.8. The Hall–Kier alpha value is -2.05. The van der Waals surface area contributed by atoms with Gasteiger partial charge in [-0.05, 0) is 61.7 Å². The summed E-state index contributed by atoms with van der Waals surface area (Å²) in [6.45, 7) is 5.57. The van der Waals surface area contributed by atoms with Crippen molar-refractivity contribution in [2.75, 3.05) is 15.9 Å². The number of amides is 1. The highest BCUT2D eigenvalue weighted by Gasteiger charge is 2.31. The number of rotatable bonds is 6. The molecule has 0 spiro atoms. The van der Waals surface area contributed by atoms with Crippen molar-refractivity contribution >= 4 is 38.9 Å². The van der Waals surface area contributed by atoms with E-state index in [0.29, 0.717) is 22.8 Å². The average molecular weight is 395 g/mol. The molecule has 1 unspecified atom stereocenters. The molecule has 1 amide bonds. The van der Waals surface area contributed by atoms with Crippen LogP contribution in [0.4, 0.5) is 11.4 Å². The summed E-state index contributed by atoms with van der Waals surface area (Å²) in [5.41, 5.74) is 2.87. The Bertz CT molecular complexity index is 893. The molecule has 26 heavy (non-hydrogen) atoms. The Labute approximate surface area is 160 Å². The number of nitrogens with one attached hydrogen (secondary N) is 1. The van der Waals surface area contributed by atoms with E-state index >= 15 is 0 Å². The van der Waals surface area contributed by atoms with Gasteiger partial charge >= 0.3 is 0 Å². The number of benzene rings is 2. The number of halogens is 1. The van der Waals surface area contributed by atoms with Gasteiger partial charge in [0.1, 0.15) is 6.04 Å². The van der Waals surface area contributed by atoms with Gasteiger partial charge in [0.2, 0.25) is 15.9 Å². The van der Waals surface area contributed by atoms with Gasteiger partial charge in [0.15, 0.2) is 0 Å². The summed E-state index contributed by atoms with van der Waals surface area (Å²) in [6.07, 6.45) is 1.44. The molecular formula is C19H23ClN2O3S. The van der Waals surface area contributed by atoms with Gasteiger partial charge in [0.05, 0.1) is 11.9 Å². The van der Waals surface area contributed by atoms with Crippen molar-refractivity contribution in [2.24, 2.45) is 0 Å². The molecule has 0 radical (unpaired) electrons. The zero-order valence-electron chi connectivity index (χ0n) is 15.3.